The normalized spacial score (nSPS) is 25.7. The maximum Gasteiger partial charge on any atom is 0.0700 e. The molecule has 1 fully saturated rings. The Morgan fingerprint density at radius 2 is 2.40 bits per heavy atom. The molecule has 0 aromatic heterocycles. The van der Waals surface area contributed by atoms with Crippen LogP contribution in [0, 0.1) is 0 Å². The lowest BCUT2D eigenvalue weighted by atomic mass is 10.1. The van der Waals surface area contributed by atoms with Gasteiger partial charge in [-0.15, -0.1) is 0 Å². The van der Waals surface area contributed by atoms with Crippen molar-refractivity contribution in [2.75, 3.05) is 6.61 Å². The molecule has 15 heavy (non-hydrogen) atoms. The molecule has 0 saturated carbocycles. The Balaban J connectivity index is 1.87. The smallest absolute Gasteiger partial charge is 0.0700 e. The van der Waals surface area contributed by atoms with E-state index in [1.54, 1.807) is 0 Å². The van der Waals surface area contributed by atoms with Crippen molar-refractivity contribution >= 4 is 11.6 Å². The van der Waals surface area contributed by atoms with E-state index in [4.69, 9.17) is 16.3 Å². The van der Waals surface area contributed by atoms with Crippen molar-refractivity contribution < 1.29 is 4.74 Å². The first-order valence-electron chi connectivity index (χ1n) is 5.35. The molecule has 1 aromatic carbocycles. The van der Waals surface area contributed by atoms with Gasteiger partial charge in [0.15, 0.2) is 0 Å². The summed E-state index contributed by atoms with van der Waals surface area (Å²) in [5.41, 5.74) is 1.22. The minimum atomic E-state index is 0.323. The van der Waals surface area contributed by atoms with Crippen LogP contribution in [0.3, 0.4) is 0 Å². The fourth-order valence-electron chi connectivity index (χ4n) is 1.90. The zero-order valence-electron chi connectivity index (χ0n) is 8.87. The molecule has 0 aliphatic carbocycles. The van der Waals surface area contributed by atoms with Gasteiger partial charge in [0, 0.05) is 24.2 Å². The van der Waals surface area contributed by atoms with Crippen LogP contribution in [0.4, 0.5) is 0 Å². The van der Waals surface area contributed by atoms with E-state index in [1.807, 2.05) is 18.2 Å². The average molecular weight is 226 g/mol. The molecule has 2 nitrogen and oxygen atoms in total. The third-order valence-electron chi connectivity index (χ3n) is 2.83. The molecule has 0 radical (unpaired) electrons. The Morgan fingerprint density at radius 3 is 3.07 bits per heavy atom. The molecule has 1 aromatic rings. The Kier molecular flexibility index (Phi) is 3.62. The van der Waals surface area contributed by atoms with Crippen LogP contribution in [0.15, 0.2) is 24.3 Å². The average Bonchev–Trinajstić information content (AvgIpc) is 2.61. The predicted molar refractivity (Wildman–Crippen MR) is 62.1 cm³/mol. The molecule has 0 bridgehead atoms. The first-order chi connectivity index (χ1) is 7.25. The van der Waals surface area contributed by atoms with Crippen molar-refractivity contribution in [1.82, 2.24) is 5.32 Å². The molecule has 0 amide bonds. The van der Waals surface area contributed by atoms with Crippen LogP contribution in [-0.4, -0.2) is 18.8 Å². The largest absolute Gasteiger partial charge is 0.377 e. The van der Waals surface area contributed by atoms with Gasteiger partial charge in [-0.1, -0.05) is 23.7 Å². The standard InChI is InChI=1S/C12H16ClNO/c1-9-12(5-6-15-9)14-8-10-3-2-4-11(13)7-10/h2-4,7,9,12,14H,5-6,8H2,1H3/t9-,12-/m1/s1. The molecule has 0 spiro atoms. The highest BCUT2D eigenvalue weighted by atomic mass is 35.5. The number of benzene rings is 1. The predicted octanol–water partition coefficient (Wildman–Crippen LogP) is 2.61. The van der Waals surface area contributed by atoms with Crippen LogP contribution in [0.2, 0.25) is 5.02 Å². The number of ether oxygens (including phenoxy) is 1. The van der Waals surface area contributed by atoms with E-state index < -0.39 is 0 Å². The summed E-state index contributed by atoms with van der Waals surface area (Å²) in [5.74, 6) is 0. The maximum atomic E-state index is 5.92. The van der Waals surface area contributed by atoms with Crippen LogP contribution < -0.4 is 5.32 Å². The summed E-state index contributed by atoms with van der Waals surface area (Å²) in [4.78, 5) is 0. The molecule has 1 aliphatic rings. The van der Waals surface area contributed by atoms with Gasteiger partial charge in [-0.25, -0.2) is 0 Å². The zero-order valence-corrected chi connectivity index (χ0v) is 9.63. The molecule has 2 atom stereocenters. The lowest BCUT2D eigenvalue weighted by Crippen LogP contribution is -2.34. The van der Waals surface area contributed by atoms with E-state index in [9.17, 15) is 0 Å². The van der Waals surface area contributed by atoms with Gasteiger partial charge in [-0.05, 0) is 31.0 Å². The summed E-state index contributed by atoms with van der Waals surface area (Å²) in [5, 5.41) is 4.29. The lowest BCUT2D eigenvalue weighted by molar-refractivity contribution is 0.113. The van der Waals surface area contributed by atoms with Gasteiger partial charge in [0.25, 0.3) is 0 Å². The third kappa shape index (κ3) is 2.94. The minimum Gasteiger partial charge on any atom is -0.377 e. The summed E-state index contributed by atoms with van der Waals surface area (Å²) < 4.78 is 5.49. The monoisotopic (exact) mass is 225 g/mol. The van der Waals surface area contributed by atoms with Crippen LogP contribution >= 0.6 is 11.6 Å². The van der Waals surface area contributed by atoms with Gasteiger partial charge in [0.05, 0.1) is 6.10 Å². The molecule has 1 heterocycles. The molecular weight excluding hydrogens is 210 g/mol. The van der Waals surface area contributed by atoms with E-state index in [0.717, 1.165) is 24.6 Å². The van der Waals surface area contributed by atoms with E-state index in [-0.39, 0.29) is 0 Å². The zero-order chi connectivity index (χ0) is 10.7. The molecule has 82 valence electrons. The van der Waals surface area contributed by atoms with E-state index in [2.05, 4.69) is 18.3 Å². The molecule has 1 saturated heterocycles. The fourth-order valence-corrected chi connectivity index (χ4v) is 2.11. The molecule has 2 rings (SSSR count). The van der Waals surface area contributed by atoms with Gasteiger partial charge in [0.1, 0.15) is 0 Å². The van der Waals surface area contributed by atoms with Crippen molar-refractivity contribution in [3.8, 4) is 0 Å². The van der Waals surface area contributed by atoms with Crippen LogP contribution in [-0.2, 0) is 11.3 Å². The second-order valence-electron chi connectivity index (χ2n) is 3.98. The van der Waals surface area contributed by atoms with Crippen molar-refractivity contribution in [2.24, 2.45) is 0 Å². The summed E-state index contributed by atoms with van der Waals surface area (Å²) in [6.07, 6.45) is 1.42. The lowest BCUT2D eigenvalue weighted by Gasteiger charge is -2.15. The number of halogens is 1. The first kappa shape index (κ1) is 10.9. The second-order valence-corrected chi connectivity index (χ2v) is 4.42. The highest BCUT2D eigenvalue weighted by Gasteiger charge is 2.23. The van der Waals surface area contributed by atoms with Gasteiger partial charge < -0.3 is 10.1 Å². The van der Waals surface area contributed by atoms with E-state index >= 15 is 0 Å². The van der Waals surface area contributed by atoms with Gasteiger partial charge in [-0.2, -0.15) is 0 Å². The molecule has 0 unspecified atom stereocenters. The van der Waals surface area contributed by atoms with Gasteiger partial charge >= 0.3 is 0 Å². The van der Waals surface area contributed by atoms with E-state index in [1.165, 1.54) is 5.56 Å². The van der Waals surface area contributed by atoms with Crippen LogP contribution in [0.1, 0.15) is 18.9 Å². The molecule has 1 aliphatic heterocycles. The molecule has 3 heteroatoms. The van der Waals surface area contributed by atoms with Crippen molar-refractivity contribution in [2.45, 2.75) is 32.0 Å². The summed E-state index contributed by atoms with van der Waals surface area (Å²) in [7, 11) is 0. The first-order valence-corrected chi connectivity index (χ1v) is 5.73. The third-order valence-corrected chi connectivity index (χ3v) is 3.07. The number of hydrogen-bond acceptors (Lipinski definition) is 2. The van der Waals surface area contributed by atoms with E-state index in [0.29, 0.717) is 12.1 Å². The van der Waals surface area contributed by atoms with Crippen molar-refractivity contribution in [3.63, 3.8) is 0 Å². The Labute approximate surface area is 95.6 Å². The summed E-state index contributed by atoms with van der Waals surface area (Å²) >= 11 is 5.92. The van der Waals surface area contributed by atoms with Crippen LogP contribution in [0.25, 0.3) is 0 Å². The summed E-state index contributed by atoms with van der Waals surface area (Å²) in [6.45, 7) is 3.84. The topological polar surface area (TPSA) is 21.3 Å². The van der Waals surface area contributed by atoms with Crippen molar-refractivity contribution in [1.29, 1.82) is 0 Å². The SMILES string of the molecule is C[C@H]1OCC[C@H]1NCc1cccc(Cl)c1. The number of hydrogen-bond donors (Lipinski definition) is 1. The highest BCUT2D eigenvalue weighted by molar-refractivity contribution is 6.30. The van der Waals surface area contributed by atoms with Gasteiger partial charge in [0.2, 0.25) is 0 Å². The minimum absolute atomic E-state index is 0.323. The number of nitrogens with one attached hydrogen (secondary N) is 1. The van der Waals surface area contributed by atoms with Crippen LogP contribution in [0.5, 0.6) is 0 Å². The molecule has 1 N–H and O–H groups in total. The Hall–Kier alpha value is -0.570. The quantitative estimate of drug-likeness (QED) is 0.854. The number of rotatable bonds is 3. The Bertz CT molecular complexity index is 329. The summed E-state index contributed by atoms with van der Waals surface area (Å²) in [6, 6.07) is 8.43. The highest BCUT2D eigenvalue weighted by Crippen LogP contribution is 2.14. The fraction of sp³-hybridized carbons (Fsp3) is 0.500. The van der Waals surface area contributed by atoms with Gasteiger partial charge in [-0.3, -0.25) is 0 Å². The van der Waals surface area contributed by atoms with Crippen molar-refractivity contribution in [3.05, 3.63) is 34.9 Å². The maximum absolute atomic E-state index is 5.92. The Morgan fingerprint density at radius 1 is 1.53 bits per heavy atom. The second kappa shape index (κ2) is 4.97. The molecular formula is C12H16ClNO.